The van der Waals surface area contributed by atoms with E-state index in [4.69, 9.17) is 5.73 Å². The molecule has 0 saturated carbocycles. The molecule has 0 aromatic heterocycles. The molecule has 0 aliphatic heterocycles. The lowest BCUT2D eigenvalue weighted by Crippen LogP contribution is -2.49. The number of benzene rings is 2. The van der Waals surface area contributed by atoms with Gasteiger partial charge >= 0.3 is 5.97 Å². The SMILES string of the molecule is CCCC[C@](N)(Cc1ccc(-c2ccccc2)cc1)C(=O)O.Cl. The first-order chi connectivity index (χ1) is 10.5. The first-order valence-corrected chi connectivity index (χ1v) is 7.72. The van der Waals surface area contributed by atoms with Crippen LogP contribution in [0.3, 0.4) is 0 Å². The smallest absolute Gasteiger partial charge is 0.324 e. The summed E-state index contributed by atoms with van der Waals surface area (Å²) in [5.41, 5.74) is 8.16. The number of hydrogen-bond donors (Lipinski definition) is 2. The lowest BCUT2D eigenvalue weighted by molar-refractivity contribution is -0.143. The fourth-order valence-corrected chi connectivity index (χ4v) is 2.57. The lowest BCUT2D eigenvalue weighted by Gasteiger charge is -2.24. The van der Waals surface area contributed by atoms with Crippen molar-refractivity contribution in [2.24, 2.45) is 5.73 Å². The van der Waals surface area contributed by atoms with Gasteiger partial charge in [-0.25, -0.2) is 0 Å². The van der Waals surface area contributed by atoms with E-state index in [-0.39, 0.29) is 12.4 Å². The van der Waals surface area contributed by atoms with Crippen LogP contribution >= 0.6 is 12.4 Å². The summed E-state index contributed by atoms with van der Waals surface area (Å²) < 4.78 is 0. The van der Waals surface area contributed by atoms with Gasteiger partial charge in [0, 0.05) is 6.42 Å². The molecular weight excluding hydrogens is 310 g/mol. The van der Waals surface area contributed by atoms with E-state index in [9.17, 15) is 9.90 Å². The average molecular weight is 334 g/mol. The van der Waals surface area contributed by atoms with Gasteiger partial charge in [-0.05, 0) is 23.1 Å². The number of hydrogen-bond acceptors (Lipinski definition) is 2. The first-order valence-electron chi connectivity index (χ1n) is 7.72. The number of nitrogens with two attached hydrogens (primary N) is 1. The number of unbranched alkanes of at least 4 members (excludes halogenated alkanes) is 1. The number of aliphatic carboxylic acids is 1. The Bertz CT molecular complexity index is 613. The van der Waals surface area contributed by atoms with Crippen molar-refractivity contribution in [3.8, 4) is 11.1 Å². The van der Waals surface area contributed by atoms with E-state index in [2.05, 4.69) is 12.1 Å². The van der Waals surface area contributed by atoms with Crippen molar-refractivity contribution in [1.82, 2.24) is 0 Å². The number of rotatable bonds is 7. The molecule has 0 fully saturated rings. The molecule has 0 heterocycles. The quantitative estimate of drug-likeness (QED) is 0.794. The molecule has 2 aromatic rings. The van der Waals surface area contributed by atoms with Gasteiger partial charge in [-0.15, -0.1) is 12.4 Å². The Hall–Kier alpha value is -1.84. The Morgan fingerprint density at radius 1 is 1.04 bits per heavy atom. The molecule has 0 aliphatic rings. The van der Waals surface area contributed by atoms with E-state index in [1.807, 2.05) is 49.4 Å². The zero-order chi connectivity index (χ0) is 16.0. The summed E-state index contributed by atoms with van der Waals surface area (Å²) in [5, 5.41) is 9.43. The minimum absolute atomic E-state index is 0. The largest absolute Gasteiger partial charge is 0.480 e. The van der Waals surface area contributed by atoms with Gasteiger partial charge in [0.2, 0.25) is 0 Å². The third-order valence-electron chi connectivity index (χ3n) is 3.98. The molecule has 0 unspecified atom stereocenters. The summed E-state index contributed by atoms with van der Waals surface area (Å²) >= 11 is 0. The average Bonchev–Trinajstić information content (AvgIpc) is 2.54. The zero-order valence-electron chi connectivity index (χ0n) is 13.4. The van der Waals surface area contributed by atoms with Crippen LogP contribution in [-0.4, -0.2) is 16.6 Å². The Morgan fingerprint density at radius 2 is 1.61 bits per heavy atom. The minimum atomic E-state index is -1.18. The van der Waals surface area contributed by atoms with Gasteiger partial charge in [-0.3, -0.25) is 4.79 Å². The molecule has 2 aromatic carbocycles. The highest BCUT2D eigenvalue weighted by atomic mass is 35.5. The third kappa shape index (κ3) is 5.08. The first kappa shape index (κ1) is 19.2. The summed E-state index contributed by atoms with van der Waals surface area (Å²) in [7, 11) is 0. The van der Waals surface area contributed by atoms with E-state index in [0.29, 0.717) is 12.8 Å². The predicted octanol–water partition coefficient (Wildman–Crippen LogP) is 4.29. The van der Waals surface area contributed by atoms with Crippen LogP contribution < -0.4 is 5.73 Å². The molecule has 0 saturated heterocycles. The number of carbonyl (C=O) groups is 1. The second-order valence-corrected chi connectivity index (χ2v) is 5.80. The standard InChI is InChI=1S/C19H23NO2.ClH/c1-2-3-13-19(20,18(21)22)14-15-9-11-17(12-10-15)16-7-5-4-6-8-16;/h4-12H,2-3,13-14,20H2,1H3,(H,21,22);1H/t19-;/m0./s1. The molecule has 1 atom stereocenters. The molecule has 0 spiro atoms. The topological polar surface area (TPSA) is 63.3 Å². The molecule has 3 nitrogen and oxygen atoms in total. The number of halogens is 1. The molecule has 4 heteroatoms. The van der Waals surface area contributed by atoms with E-state index in [1.54, 1.807) is 0 Å². The summed E-state index contributed by atoms with van der Waals surface area (Å²) in [6, 6.07) is 18.1. The molecule has 0 bridgehead atoms. The minimum Gasteiger partial charge on any atom is -0.480 e. The van der Waals surface area contributed by atoms with Gasteiger partial charge < -0.3 is 10.8 Å². The van der Waals surface area contributed by atoms with Crippen molar-refractivity contribution in [1.29, 1.82) is 0 Å². The molecule has 0 aliphatic carbocycles. The van der Waals surface area contributed by atoms with Crippen LogP contribution in [0.2, 0.25) is 0 Å². The normalized spacial score (nSPS) is 13.0. The fraction of sp³-hybridized carbons (Fsp3) is 0.316. The maximum Gasteiger partial charge on any atom is 0.324 e. The monoisotopic (exact) mass is 333 g/mol. The summed E-state index contributed by atoms with van der Waals surface area (Å²) in [6.45, 7) is 2.04. The fourth-order valence-electron chi connectivity index (χ4n) is 2.57. The van der Waals surface area contributed by atoms with E-state index >= 15 is 0 Å². The van der Waals surface area contributed by atoms with E-state index in [0.717, 1.165) is 29.5 Å². The lowest BCUT2D eigenvalue weighted by atomic mass is 9.86. The van der Waals surface area contributed by atoms with Crippen LogP contribution in [0, 0.1) is 0 Å². The Kier molecular flexibility index (Phi) is 7.27. The summed E-state index contributed by atoms with van der Waals surface area (Å²) in [4.78, 5) is 11.5. The maximum atomic E-state index is 11.5. The Balaban J connectivity index is 0.00000264. The van der Waals surface area contributed by atoms with Crippen molar-refractivity contribution in [3.63, 3.8) is 0 Å². The van der Waals surface area contributed by atoms with Gasteiger partial charge in [-0.2, -0.15) is 0 Å². The van der Waals surface area contributed by atoms with Gasteiger partial charge in [0.15, 0.2) is 0 Å². The van der Waals surface area contributed by atoms with Gasteiger partial charge in [0.25, 0.3) is 0 Å². The van der Waals surface area contributed by atoms with Crippen LogP contribution in [0.5, 0.6) is 0 Å². The highest BCUT2D eigenvalue weighted by Crippen LogP contribution is 2.22. The van der Waals surface area contributed by atoms with Crippen LogP contribution in [0.15, 0.2) is 54.6 Å². The molecule has 0 amide bonds. The van der Waals surface area contributed by atoms with Crippen molar-refractivity contribution < 1.29 is 9.90 Å². The summed E-state index contributed by atoms with van der Waals surface area (Å²) in [6.07, 6.45) is 2.63. The van der Waals surface area contributed by atoms with Crippen molar-refractivity contribution in [3.05, 3.63) is 60.2 Å². The number of carboxylic acid groups (broad SMARTS) is 1. The van der Waals surface area contributed by atoms with Crippen molar-refractivity contribution in [2.45, 2.75) is 38.1 Å². The molecule has 124 valence electrons. The highest BCUT2D eigenvalue weighted by molar-refractivity contribution is 5.85. The molecule has 2 rings (SSSR count). The maximum absolute atomic E-state index is 11.5. The Morgan fingerprint density at radius 3 is 2.13 bits per heavy atom. The molecule has 3 N–H and O–H groups in total. The predicted molar refractivity (Wildman–Crippen MR) is 96.9 cm³/mol. The second-order valence-electron chi connectivity index (χ2n) is 5.80. The number of carboxylic acids is 1. The van der Waals surface area contributed by atoms with Crippen LogP contribution in [0.1, 0.15) is 31.7 Å². The molecule has 23 heavy (non-hydrogen) atoms. The van der Waals surface area contributed by atoms with Crippen LogP contribution in [-0.2, 0) is 11.2 Å². The molecular formula is C19H24ClNO2. The molecule has 0 radical (unpaired) electrons. The van der Waals surface area contributed by atoms with Gasteiger partial charge in [0.05, 0.1) is 0 Å². The summed E-state index contributed by atoms with van der Waals surface area (Å²) in [5.74, 6) is -0.923. The Labute approximate surface area is 143 Å². The zero-order valence-corrected chi connectivity index (χ0v) is 14.2. The third-order valence-corrected chi connectivity index (χ3v) is 3.98. The van der Waals surface area contributed by atoms with Crippen LogP contribution in [0.4, 0.5) is 0 Å². The highest BCUT2D eigenvalue weighted by Gasteiger charge is 2.33. The van der Waals surface area contributed by atoms with Gasteiger partial charge in [0.1, 0.15) is 5.54 Å². The second kappa shape index (κ2) is 8.70. The van der Waals surface area contributed by atoms with Crippen molar-refractivity contribution >= 4 is 18.4 Å². The van der Waals surface area contributed by atoms with E-state index in [1.165, 1.54) is 0 Å². The van der Waals surface area contributed by atoms with Crippen LogP contribution in [0.25, 0.3) is 11.1 Å². The van der Waals surface area contributed by atoms with E-state index < -0.39 is 11.5 Å². The van der Waals surface area contributed by atoms with Gasteiger partial charge in [-0.1, -0.05) is 74.4 Å². The van der Waals surface area contributed by atoms with Crippen molar-refractivity contribution in [2.75, 3.05) is 0 Å².